The Kier molecular flexibility index (Phi) is 28.0. The van der Waals surface area contributed by atoms with Gasteiger partial charge in [-0.1, -0.05) is 122 Å². The summed E-state index contributed by atoms with van der Waals surface area (Å²) in [7, 11) is 6.00. The second kappa shape index (κ2) is 26.4. The lowest BCUT2D eigenvalue weighted by Gasteiger charge is -2.03. The van der Waals surface area contributed by atoms with Gasteiger partial charge in [0.1, 0.15) is 0 Å². The highest BCUT2D eigenvalue weighted by Gasteiger charge is 1.97. The highest BCUT2D eigenvalue weighted by atomic mass is 16.4. The van der Waals surface area contributed by atoms with Crippen molar-refractivity contribution in [2.24, 2.45) is 0 Å². The predicted molar refractivity (Wildman–Crippen MR) is 125 cm³/mol. The Hall–Kier alpha value is -0.570. The van der Waals surface area contributed by atoms with Crippen LogP contribution >= 0.6 is 0 Å². The Morgan fingerprint density at radius 2 is 0.750 bits per heavy atom. The van der Waals surface area contributed by atoms with Crippen LogP contribution in [0.25, 0.3) is 0 Å². The highest BCUT2D eigenvalue weighted by Crippen LogP contribution is 2.14. The second-order valence-corrected chi connectivity index (χ2v) is 8.85. The molecule has 3 nitrogen and oxygen atoms in total. The minimum Gasteiger partial charge on any atom is -0.481 e. The summed E-state index contributed by atoms with van der Waals surface area (Å²) >= 11 is 0. The van der Waals surface area contributed by atoms with E-state index in [4.69, 9.17) is 5.11 Å². The summed E-state index contributed by atoms with van der Waals surface area (Å²) < 4.78 is 0. The fraction of sp³-hybridized carbons (Fsp3) is 0.960. The van der Waals surface area contributed by atoms with E-state index in [-0.39, 0.29) is 0 Å². The normalized spacial score (nSPS) is 10.8. The summed E-state index contributed by atoms with van der Waals surface area (Å²) in [4.78, 5) is 12.4. The van der Waals surface area contributed by atoms with Crippen molar-refractivity contribution in [3.05, 3.63) is 0 Å². The van der Waals surface area contributed by atoms with Crippen molar-refractivity contribution < 1.29 is 9.90 Å². The molecule has 3 heteroatoms. The van der Waals surface area contributed by atoms with Crippen LogP contribution < -0.4 is 0 Å². The van der Waals surface area contributed by atoms with Gasteiger partial charge < -0.3 is 10.0 Å². The number of carbonyl (C=O) groups is 1. The summed E-state index contributed by atoms with van der Waals surface area (Å²) in [6.07, 6.45) is 26.1. The van der Waals surface area contributed by atoms with E-state index in [9.17, 15) is 4.79 Å². The molecular weight excluding hydrogens is 346 g/mol. The minimum atomic E-state index is -0.651. The van der Waals surface area contributed by atoms with Gasteiger partial charge in [-0.25, -0.2) is 0 Å². The number of hydrogen-bond acceptors (Lipinski definition) is 2. The van der Waals surface area contributed by atoms with E-state index in [2.05, 4.69) is 6.92 Å². The molecule has 0 bridgehead atoms. The van der Waals surface area contributed by atoms with Gasteiger partial charge in [0.05, 0.1) is 0 Å². The molecule has 0 fully saturated rings. The molecule has 0 saturated heterocycles. The van der Waals surface area contributed by atoms with Gasteiger partial charge in [-0.05, 0) is 27.6 Å². The average Bonchev–Trinajstić information content (AvgIpc) is 2.63. The monoisotopic (exact) mass is 399 g/mol. The number of carboxylic acids is 1. The lowest BCUT2D eigenvalue weighted by molar-refractivity contribution is -0.137. The van der Waals surface area contributed by atoms with Gasteiger partial charge in [0, 0.05) is 6.42 Å². The first-order valence-electron chi connectivity index (χ1n) is 12.3. The maximum absolute atomic E-state index is 10.4. The summed E-state index contributed by atoms with van der Waals surface area (Å²) in [5.74, 6) is -0.651. The standard InChI is InChI=1S/C22H44O2.C3H9N/c1-2-3-4-5-6-7-8-9-10-11-12-13-14-15-16-17-18-19-20-21-22(23)24;1-4(2)3/h2-21H2,1H3,(H,23,24);1-3H3. The summed E-state index contributed by atoms with van der Waals surface area (Å²) in [5, 5.41) is 8.56. The van der Waals surface area contributed by atoms with Crippen LogP contribution in [0.2, 0.25) is 0 Å². The van der Waals surface area contributed by atoms with E-state index in [1.54, 1.807) is 0 Å². The molecule has 0 aliphatic carbocycles. The molecule has 0 aromatic heterocycles. The molecular formula is C25H53NO2. The van der Waals surface area contributed by atoms with Crippen molar-refractivity contribution in [2.45, 2.75) is 135 Å². The summed E-state index contributed by atoms with van der Waals surface area (Å²) in [5.41, 5.74) is 0. The maximum Gasteiger partial charge on any atom is 0.303 e. The molecule has 0 radical (unpaired) electrons. The number of carboxylic acid groups (broad SMARTS) is 1. The van der Waals surface area contributed by atoms with Crippen molar-refractivity contribution in [1.29, 1.82) is 0 Å². The van der Waals surface area contributed by atoms with Crippen molar-refractivity contribution in [2.75, 3.05) is 21.1 Å². The third-order valence-electron chi connectivity index (χ3n) is 4.99. The third kappa shape index (κ3) is 36.4. The maximum atomic E-state index is 10.4. The van der Waals surface area contributed by atoms with E-state index in [1.807, 2.05) is 26.0 Å². The lowest BCUT2D eigenvalue weighted by Crippen LogP contribution is -1.99. The first-order chi connectivity index (χ1) is 13.5. The van der Waals surface area contributed by atoms with Crippen LogP contribution in [-0.4, -0.2) is 37.1 Å². The van der Waals surface area contributed by atoms with Crippen LogP contribution in [0, 0.1) is 0 Å². The molecule has 170 valence electrons. The average molecular weight is 400 g/mol. The van der Waals surface area contributed by atoms with Gasteiger partial charge in [0.2, 0.25) is 0 Å². The van der Waals surface area contributed by atoms with E-state index < -0.39 is 5.97 Å². The van der Waals surface area contributed by atoms with Crippen molar-refractivity contribution in [1.82, 2.24) is 4.90 Å². The molecule has 1 N–H and O–H groups in total. The molecule has 0 atom stereocenters. The fourth-order valence-electron chi connectivity index (χ4n) is 3.35. The second-order valence-electron chi connectivity index (χ2n) is 8.85. The Morgan fingerprint density at radius 1 is 0.536 bits per heavy atom. The fourth-order valence-corrected chi connectivity index (χ4v) is 3.35. The zero-order valence-corrected chi connectivity index (χ0v) is 19.9. The Bertz CT molecular complexity index is 290. The number of unbranched alkanes of at least 4 members (excludes halogenated alkanes) is 18. The molecule has 0 rings (SSSR count). The molecule has 0 amide bonds. The number of nitrogens with zero attached hydrogens (tertiary/aromatic N) is 1. The van der Waals surface area contributed by atoms with Gasteiger partial charge in [-0.2, -0.15) is 0 Å². The number of aliphatic carboxylic acids is 1. The van der Waals surface area contributed by atoms with Crippen molar-refractivity contribution in [3.63, 3.8) is 0 Å². The smallest absolute Gasteiger partial charge is 0.303 e. The Morgan fingerprint density at radius 3 is 0.964 bits per heavy atom. The van der Waals surface area contributed by atoms with Crippen LogP contribution in [0.4, 0.5) is 0 Å². The van der Waals surface area contributed by atoms with Gasteiger partial charge in [-0.3, -0.25) is 4.79 Å². The molecule has 0 unspecified atom stereocenters. The highest BCUT2D eigenvalue weighted by molar-refractivity contribution is 5.66. The predicted octanol–water partition coefficient (Wildman–Crippen LogP) is 8.07. The van der Waals surface area contributed by atoms with Gasteiger partial charge in [0.25, 0.3) is 0 Å². The topological polar surface area (TPSA) is 40.5 Å². The molecule has 0 aliphatic heterocycles. The zero-order chi connectivity index (χ0) is 21.3. The van der Waals surface area contributed by atoms with Crippen LogP contribution in [0.3, 0.4) is 0 Å². The van der Waals surface area contributed by atoms with Gasteiger partial charge in [0.15, 0.2) is 0 Å². The van der Waals surface area contributed by atoms with E-state index >= 15 is 0 Å². The first-order valence-corrected chi connectivity index (χ1v) is 12.3. The van der Waals surface area contributed by atoms with Crippen LogP contribution in [0.15, 0.2) is 0 Å². The first kappa shape index (κ1) is 29.6. The van der Waals surface area contributed by atoms with Gasteiger partial charge in [-0.15, -0.1) is 0 Å². The lowest BCUT2D eigenvalue weighted by atomic mass is 10.0. The van der Waals surface area contributed by atoms with Crippen LogP contribution in [-0.2, 0) is 4.79 Å². The number of rotatable bonds is 20. The summed E-state index contributed by atoms with van der Waals surface area (Å²) in [6, 6.07) is 0. The van der Waals surface area contributed by atoms with Gasteiger partial charge >= 0.3 is 5.97 Å². The van der Waals surface area contributed by atoms with E-state index in [0.717, 1.165) is 12.8 Å². The quantitative estimate of drug-likeness (QED) is 0.210. The minimum absolute atomic E-state index is 0.346. The Balaban J connectivity index is 0. The molecule has 0 saturated carbocycles. The zero-order valence-electron chi connectivity index (χ0n) is 19.9. The van der Waals surface area contributed by atoms with E-state index in [0.29, 0.717) is 6.42 Å². The third-order valence-corrected chi connectivity index (χ3v) is 4.99. The Labute approximate surface area is 177 Å². The van der Waals surface area contributed by atoms with Crippen LogP contribution in [0.5, 0.6) is 0 Å². The number of hydrogen-bond donors (Lipinski definition) is 1. The SMILES string of the molecule is CCCCCCCCCCCCCCCCCCCCCC(=O)O.CN(C)C. The summed E-state index contributed by atoms with van der Waals surface area (Å²) in [6.45, 7) is 2.28. The van der Waals surface area contributed by atoms with Crippen LogP contribution in [0.1, 0.15) is 135 Å². The largest absolute Gasteiger partial charge is 0.481 e. The molecule has 0 aliphatic rings. The molecule has 0 aromatic carbocycles. The molecule has 0 spiro atoms. The van der Waals surface area contributed by atoms with Crippen molar-refractivity contribution in [3.8, 4) is 0 Å². The molecule has 0 aromatic rings. The van der Waals surface area contributed by atoms with E-state index in [1.165, 1.54) is 109 Å². The van der Waals surface area contributed by atoms with Crippen molar-refractivity contribution >= 4 is 5.97 Å². The molecule has 0 heterocycles. The molecule has 28 heavy (non-hydrogen) atoms.